The van der Waals surface area contributed by atoms with Crippen molar-refractivity contribution in [1.82, 2.24) is 15.1 Å². The summed E-state index contributed by atoms with van der Waals surface area (Å²) in [5.41, 5.74) is 1.48. The predicted octanol–water partition coefficient (Wildman–Crippen LogP) is 3.09. The number of benzene rings is 2. The molecule has 31 heavy (non-hydrogen) atoms. The molecule has 2 saturated heterocycles. The summed E-state index contributed by atoms with van der Waals surface area (Å²) in [6, 6.07) is 12.7. The molecule has 0 bridgehead atoms. The molecule has 0 unspecified atom stereocenters. The molecular formula is C22H20Cl2N4O3. The molecule has 2 aromatic rings. The average Bonchev–Trinajstić information content (AvgIpc) is 3.52. The molecule has 2 aromatic carbocycles. The van der Waals surface area contributed by atoms with Gasteiger partial charge in [-0.25, -0.2) is 4.79 Å². The van der Waals surface area contributed by atoms with E-state index in [1.54, 1.807) is 18.2 Å². The summed E-state index contributed by atoms with van der Waals surface area (Å²) >= 11 is 12.2. The van der Waals surface area contributed by atoms with E-state index in [0.717, 1.165) is 12.0 Å². The number of halogens is 2. The van der Waals surface area contributed by atoms with Crippen molar-refractivity contribution in [3.05, 3.63) is 64.1 Å². The molecule has 2 heterocycles. The van der Waals surface area contributed by atoms with Gasteiger partial charge in [-0.05, 0) is 24.1 Å². The zero-order valence-electron chi connectivity index (χ0n) is 16.4. The Labute approximate surface area is 189 Å². The summed E-state index contributed by atoms with van der Waals surface area (Å²) < 4.78 is 0. The average molecular weight is 459 g/mol. The summed E-state index contributed by atoms with van der Waals surface area (Å²) in [6.07, 6.45) is 0.741. The molecule has 4 amide bonds. The number of carbonyl (C=O) groups excluding carboxylic acids is 3. The third-order valence-electron chi connectivity index (χ3n) is 6.12. The van der Waals surface area contributed by atoms with Crippen LogP contribution < -0.4 is 10.6 Å². The van der Waals surface area contributed by atoms with E-state index < -0.39 is 24.0 Å². The predicted molar refractivity (Wildman–Crippen MR) is 117 cm³/mol. The van der Waals surface area contributed by atoms with Crippen LogP contribution in [0.1, 0.15) is 17.9 Å². The SMILES string of the molecule is O=C(Nc1cccc(Cl)c1Cl)[C@@H]1CNC[C@H]2C(=O)N([C@H]3C[C@@H]3c3ccccc3)C(=O)N12. The summed E-state index contributed by atoms with van der Waals surface area (Å²) in [5, 5.41) is 6.40. The van der Waals surface area contributed by atoms with Gasteiger partial charge in [-0.15, -0.1) is 0 Å². The minimum atomic E-state index is -0.829. The number of carbonyl (C=O) groups is 3. The third kappa shape index (κ3) is 3.46. The molecule has 160 valence electrons. The maximum atomic E-state index is 13.3. The largest absolute Gasteiger partial charge is 0.328 e. The van der Waals surface area contributed by atoms with Crippen LogP contribution in [0.15, 0.2) is 48.5 Å². The van der Waals surface area contributed by atoms with Crippen LogP contribution in [0.3, 0.4) is 0 Å². The van der Waals surface area contributed by atoms with Crippen molar-refractivity contribution in [3.63, 3.8) is 0 Å². The molecule has 2 N–H and O–H groups in total. The number of nitrogens with zero attached hydrogens (tertiary/aromatic N) is 2. The van der Waals surface area contributed by atoms with E-state index in [2.05, 4.69) is 10.6 Å². The fraction of sp³-hybridized carbons (Fsp3) is 0.318. The number of hydrogen-bond acceptors (Lipinski definition) is 4. The number of imide groups is 1. The van der Waals surface area contributed by atoms with Gasteiger partial charge >= 0.3 is 6.03 Å². The van der Waals surface area contributed by atoms with E-state index >= 15 is 0 Å². The van der Waals surface area contributed by atoms with Crippen LogP contribution in [-0.2, 0) is 9.59 Å². The van der Waals surface area contributed by atoms with Gasteiger partial charge in [-0.1, -0.05) is 59.6 Å². The van der Waals surface area contributed by atoms with Crippen LogP contribution in [0.5, 0.6) is 0 Å². The first-order valence-corrected chi connectivity index (χ1v) is 10.9. The first-order chi connectivity index (χ1) is 15.0. The number of fused-ring (bicyclic) bond motifs is 1. The Morgan fingerprint density at radius 1 is 1.03 bits per heavy atom. The van der Waals surface area contributed by atoms with Gasteiger partial charge in [-0.3, -0.25) is 19.4 Å². The van der Waals surface area contributed by atoms with Crippen LogP contribution in [0, 0.1) is 0 Å². The van der Waals surface area contributed by atoms with Crippen molar-refractivity contribution in [1.29, 1.82) is 0 Å². The lowest BCUT2D eigenvalue weighted by atomic mass is 10.1. The number of nitrogens with one attached hydrogen (secondary N) is 2. The minimum absolute atomic E-state index is 0.140. The quantitative estimate of drug-likeness (QED) is 0.689. The maximum absolute atomic E-state index is 13.3. The van der Waals surface area contributed by atoms with Gasteiger partial charge in [0.15, 0.2) is 0 Å². The zero-order chi connectivity index (χ0) is 21.7. The van der Waals surface area contributed by atoms with Crippen LogP contribution in [0.2, 0.25) is 10.0 Å². The molecule has 4 atom stereocenters. The lowest BCUT2D eigenvalue weighted by molar-refractivity contribution is -0.130. The van der Waals surface area contributed by atoms with Gasteiger partial charge in [0.1, 0.15) is 12.1 Å². The summed E-state index contributed by atoms with van der Waals surface area (Å²) in [5.74, 6) is -0.528. The second-order valence-corrected chi connectivity index (χ2v) is 8.78. The van der Waals surface area contributed by atoms with Crippen LogP contribution in [0.25, 0.3) is 0 Å². The first kappa shape index (κ1) is 20.3. The van der Waals surface area contributed by atoms with E-state index in [0.29, 0.717) is 17.3 Å². The molecule has 0 spiro atoms. The van der Waals surface area contributed by atoms with Crippen molar-refractivity contribution >= 4 is 46.7 Å². The third-order valence-corrected chi connectivity index (χ3v) is 6.94. The Morgan fingerprint density at radius 2 is 1.81 bits per heavy atom. The fourth-order valence-electron chi connectivity index (χ4n) is 4.49. The molecule has 1 saturated carbocycles. The van der Waals surface area contributed by atoms with Gasteiger partial charge in [0.25, 0.3) is 5.91 Å². The molecule has 9 heteroatoms. The highest BCUT2D eigenvalue weighted by atomic mass is 35.5. The van der Waals surface area contributed by atoms with Crippen LogP contribution in [-0.4, -0.2) is 58.9 Å². The van der Waals surface area contributed by atoms with E-state index in [1.807, 2.05) is 30.3 Å². The van der Waals surface area contributed by atoms with Crippen LogP contribution >= 0.6 is 23.2 Å². The Hall–Kier alpha value is -2.61. The monoisotopic (exact) mass is 458 g/mol. The topological polar surface area (TPSA) is 81.8 Å². The summed E-state index contributed by atoms with van der Waals surface area (Å²) in [6.45, 7) is 0.575. The van der Waals surface area contributed by atoms with Gasteiger partial charge in [0, 0.05) is 25.0 Å². The Kier molecular flexibility index (Phi) is 5.12. The van der Waals surface area contributed by atoms with Crippen molar-refractivity contribution in [2.24, 2.45) is 0 Å². The van der Waals surface area contributed by atoms with Crippen molar-refractivity contribution in [2.45, 2.75) is 30.5 Å². The number of urea groups is 1. The number of hydrogen-bond donors (Lipinski definition) is 2. The molecule has 7 nitrogen and oxygen atoms in total. The molecule has 3 aliphatic rings. The number of amides is 4. The van der Waals surface area contributed by atoms with Crippen molar-refractivity contribution < 1.29 is 14.4 Å². The fourth-order valence-corrected chi connectivity index (χ4v) is 4.84. The lowest BCUT2D eigenvalue weighted by Crippen LogP contribution is -2.61. The Balaban J connectivity index is 1.35. The highest BCUT2D eigenvalue weighted by molar-refractivity contribution is 6.44. The van der Waals surface area contributed by atoms with E-state index in [9.17, 15) is 14.4 Å². The second kappa shape index (κ2) is 7.82. The molecule has 1 aliphatic carbocycles. The number of piperazine rings is 1. The normalized spacial score (nSPS) is 27.3. The maximum Gasteiger partial charge on any atom is 0.328 e. The smallest absolute Gasteiger partial charge is 0.323 e. The van der Waals surface area contributed by atoms with E-state index in [-0.39, 0.29) is 29.4 Å². The lowest BCUT2D eigenvalue weighted by Gasteiger charge is -2.35. The second-order valence-electron chi connectivity index (χ2n) is 8.00. The number of anilines is 1. The first-order valence-electron chi connectivity index (χ1n) is 10.1. The van der Waals surface area contributed by atoms with Gasteiger partial charge in [-0.2, -0.15) is 0 Å². The van der Waals surface area contributed by atoms with E-state index in [4.69, 9.17) is 23.2 Å². The molecule has 0 radical (unpaired) electrons. The van der Waals surface area contributed by atoms with Gasteiger partial charge in [0.05, 0.1) is 15.7 Å². The standard InChI is InChI=1S/C22H20Cl2N4O3/c23-14-7-4-8-15(19(14)24)26-20(29)17-10-25-11-18-21(30)28(22(31)27(17)18)16-9-13(16)12-5-2-1-3-6-12/h1-8,13,16-18,25H,9-11H2,(H,26,29)/t13-,16+,17+,18+/m1/s1. The molecule has 5 rings (SSSR count). The van der Waals surface area contributed by atoms with E-state index in [1.165, 1.54) is 9.80 Å². The van der Waals surface area contributed by atoms with Gasteiger partial charge in [0.2, 0.25) is 5.91 Å². The molecular weight excluding hydrogens is 439 g/mol. The summed E-state index contributed by atoms with van der Waals surface area (Å²) in [4.78, 5) is 42.1. The zero-order valence-corrected chi connectivity index (χ0v) is 17.9. The van der Waals surface area contributed by atoms with Crippen LogP contribution in [0.4, 0.5) is 10.5 Å². The number of rotatable bonds is 4. The Morgan fingerprint density at radius 3 is 2.58 bits per heavy atom. The molecule has 0 aromatic heterocycles. The highest BCUT2D eigenvalue weighted by Gasteiger charge is 2.58. The summed E-state index contributed by atoms with van der Waals surface area (Å²) in [7, 11) is 0. The highest BCUT2D eigenvalue weighted by Crippen LogP contribution is 2.47. The van der Waals surface area contributed by atoms with Crippen molar-refractivity contribution in [2.75, 3.05) is 18.4 Å². The van der Waals surface area contributed by atoms with Crippen molar-refractivity contribution in [3.8, 4) is 0 Å². The Bertz CT molecular complexity index is 1060. The minimum Gasteiger partial charge on any atom is -0.323 e. The molecule has 3 fully saturated rings. The van der Waals surface area contributed by atoms with Gasteiger partial charge < -0.3 is 10.6 Å². The molecule has 2 aliphatic heterocycles.